The Hall–Kier alpha value is -3.22. The summed E-state index contributed by atoms with van der Waals surface area (Å²) in [6.07, 6.45) is 11.3. The SMILES string of the molecule is O=C(Nc1ccncc1)c1cccnc1NCCCn1ccnc1. The highest BCUT2D eigenvalue weighted by Gasteiger charge is 2.12. The number of pyridine rings is 2. The maximum Gasteiger partial charge on any atom is 0.259 e. The van der Waals surface area contributed by atoms with E-state index in [9.17, 15) is 4.79 Å². The van der Waals surface area contributed by atoms with Gasteiger partial charge in [0.05, 0.1) is 11.9 Å². The number of rotatable bonds is 7. The molecule has 1 amide bonds. The number of nitrogens with zero attached hydrogens (tertiary/aromatic N) is 4. The fraction of sp³-hybridized carbons (Fsp3) is 0.176. The first-order valence-electron chi connectivity index (χ1n) is 7.69. The van der Waals surface area contributed by atoms with E-state index < -0.39 is 0 Å². The first-order chi connectivity index (χ1) is 11.8. The number of aromatic nitrogens is 4. The summed E-state index contributed by atoms with van der Waals surface area (Å²) in [6.45, 7) is 1.57. The van der Waals surface area contributed by atoms with E-state index in [1.165, 1.54) is 0 Å². The number of aryl methyl sites for hydroxylation is 1. The molecule has 0 atom stereocenters. The maximum absolute atomic E-state index is 12.4. The molecule has 0 spiro atoms. The van der Waals surface area contributed by atoms with Crippen LogP contribution in [0.2, 0.25) is 0 Å². The smallest absolute Gasteiger partial charge is 0.259 e. The lowest BCUT2D eigenvalue weighted by Gasteiger charge is -2.11. The van der Waals surface area contributed by atoms with E-state index in [0.717, 1.165) is 13.0 Å². The number of hydrogen-bond acceptors (Lipinski definition) is 5. The van der Waals surface area contributed by atoms with Crippen LogP contribution in [0.5, 0.6) is 0 Å². The summed E-state index contributed by atoms with van der Waals surface area (Å²) in [7, 11) is 0. The summed E-state index contributed by atoms with van der Waals surface area (Å²) in [4.78, 5) is 24.6. The van der Waals surface area contributed by atoms with E-state index in [1.54, 1.807) is 55.4 Å². The number of carbonyl (C=O) groups excluding carboxylic acids is 1. The van der Waals surface area contributed by atoms with Gasteiger partial charge in [-0.15, -0.1) is 0 Å². The summed E-state index contributed by atoms with van der Waals surface area (Å²) in [5, 5.41) is 6.06. The standard InChI is InChI=1S/C17H18N6O/c24-17(22-14-4-8-18-9-5-14)15-3-1-6-20-16(15)21-7-2-11-23-12-10-19-13-23/h1,3-6,8-10,12-13H,2,7,11H2,(H,20,21)(H,18,22,24). The van der Waals surface area contributed by atoms with Gasteiger partial charge in [-0.05, 0) is 30.7 Å². The minimum atomic E-state index is -0.202. The van der Waals surface area contributed by atoms with Crippen LogP contribution in [-0.4, -0.2) is 32.0 Å². The van der Waals surface area contributed by atoms with Gasteiger partial charge in [0.15, 0.2) is 0 Å². The minimum absolute atomic E-state index is 0.202. The molecule has 0 aliphatic heterocycles. The number of nitrogens with one attached hydrogen (secondary N) is 2. The first kappa shape index (κ1) is 15.7. The highest BCUT2D eigenvalue weighted by atomic mass is 16.1. The Labute approximate surface area is 139 Å². The number of carbonyl (C=O) groups is 1. The largest absolute Gasteiger partial charge is 0.369 e. The lowest BCUT2D eigenvalue weighted by molar-refractivity contribution is 0.102. The molecule has 7 nitrogen and oxygen atoms in total. The Morgan fingerprint density at radius 1 is 1.08 bits per heavy atom. The van der Waals surface area contributed by atoms with E-state index in [1.807, 2.05) is 10.8 Å². The van der Waals surface area contributed by atoms with Crippen LogP contribution in [0.25, 0.3) is 0 Å². The van der Waals surface area contributed by atoms with Crippen LogP contribution in [-0.2, 0) is 6.54 Å². The average molecular weight is 322 g/mol. The molecule has 0 bridgehead atoms. The lowest BCUT2D eigenvalue weighted by Crippen LogP contribution is -2.16. The van der Waals surface area contributed by atoms with Gasteiger partial charge in [0, 0.05) is 49.8 Å². The molecule has 0 radical (unpaired) electrons. The van der Waals surface area contributed by atoms with E-state index in [-0.39, 0.29) is 5.91 Å². The minimum Gasteiger partial charge on any atom is -0.369 e. The molecule has 0 aliphatic rings. The number of hydrogen-bond donors (Lipinski definition) is 2. The molecule has 2 N–H and O–H groups in total. The van der Waals surface area contributed by atoms with Gasteiger partial charge in [0.1, 0.15) is 5.82 Å². The molecule has 3 rings (SSSR count). The molecule has 3 aromatic rings. The van der Waals surface area contributed by atoms with Crippen molar-refractivity contribution in [1.29, 1.82) is 0 Å². The normalized spacial score (nSPS) is 10.3. The van der Waals surface area contributed by atoms with Crippen LogP contribution in [0.15, 0.2) is 61.6 Å². The van der Waals surface area contributed by atoms with E-state index in [0.29, 0.717) is 23.6 Å². The molecule has 0 aliphatic carbocycles. The van der Waals surface area contributed by atoms with E-state index >= 15 is 0 Å². The first-order valence-corrected chi connectivity index (χ1v) is 7.69. The third-order valence-electron chi connectivity index (χ3n) is 3.44. The van der Waals surface area contributed by atoms with Crippen molar-refractivity contribution in [3.05, 3.63) is 67.1 Å². The van der Waals surface area contributed by atoms with Crippen molar-refractivity contribution in [2.75, 3.05) is 17.2 Å². The third-order valence-corrected chi connectivity index (χ3v) is 3.44. The number of amides is 1. The van der Waals surface area contributed by atoms with Gasteiger partial charge in [-0.1, -0.05) is 0 Å². The molecule has 0 aromatic carbocycles. The van der Waals surface area contributed by atoms with Crippen LogP contribution in [0.4, 0.5) is 11.5 Å². The molecule has 122 valence electrons. The van der Waals surface area contributed by atoms with E-state index in [2.05, 4.69) is 25.6 Å². The molecule has 0 saturated carbocycles. The predicted octanol–water partition coefficient (Wildman–Crippen LogP) is 2.43. The van der Waals surface area contributed by atoms with Gasteiger partial charge in [0.25, 0.3) is 5.91 Å². The summed E-state index contributed by atoms with van der Waals surface area (Å²) in [5.74, 6) is 0.376. The zero-order chi connectivity index (χ0) is 16.6. The van der Waals surface area contributed by atoms with Crippen molar-refractivity contribution in [2.45, 2.75) is 13.0 Å². The lowest BCUT2D eigenvalue weighted by atomic mass is 10.2. The Bertz CT molecular complexity index is 773. The molecular weight excluding hydrogens is 304 g/mol. The van der Waals surface area contributed by atoms with Gasteiger partial charge in [-0.25, -0.2) is 9.97 Å². The Balaban J connectivity index is 1.59. The summed E-state index contributed by atoms with van der Waals surface area (Å²) in [5.41, 5.74) is 1.21. The van der Waals surface area contributed by atoms with Crippen molar-refractivity contribution in [3.63, 3.8) is 0 Å². The van der Waals surface area contributed by atoms with Gasteiger partial charge >= 0.3 is 0 Å². The molecule has 3 aromatic heterocycles. The van der Waals surface area contributed by atoms with Crippen molar-refractivity contribution in [2.24, 2.45) is 0 Å². The van der Waals surface area contributed by atoms with Crippen molar-refractivity contribution >= 4 is 17.4 Å². The van der Waals surface area contributed by atoms with Gasteiger partial charge in [-0.3, -0.25) is 9.78 Å². The third kappa shape index (κ3) is 4.16. The van der Waals surface area contributed by atoms with Crippen LogP contribution >= 0.6 is 0 Å². The number of imidazole rings is 1. The highest BCUT2D eigenvalue weighted by Crippen LogP contribution is 2.14. The quantitative estimate of drug-likeness (QED) is 0.653. The zero-order valence-corrected chi connectivity index (χ0v) is 13.1. The number of anilines is 2. The molecular formula is C17H18N6O. The Morgan fingerprint density at radius 2 is 1.96 bits per heavy atom. The predicted molar refractivity (Wildman–Crippen MR) is 91.8 cm³/mol. The molecule has 7 heteroatoms. The van der Waals surface area contributed by atoms with Crippen LogP contribution in [0, 0.1) is 0 Å². The van der Waals surface area contributed by atoms with Crippen LogP contribution < -0.4 is 10.6 Å². The van der Waals surface area contributed by atoms with Gasteiger partial charge < -0.3 is 15.2 Å². The summed E-state index contributed by atoms with van der Waals surface area (Å²) < 4.78 is 2.01. The van der Waals surface area contributed by atoms with Gasteiger partial charge in [0.2, 0.25) is 0 Å². The molecule has 0 saturated heterocycles. The van der Waals surface area contributed by atoms with Crippen LogP contribution in [0.3, 0.4) is 0 Å². The van der Waals surface area contributed by atoms with Gasteiger partial charge in [-0.2, -0.15) is 0 Å². The van der Waals surface area contributed by atoms with Crippen molar-refractivity contribution < 1.29 is 4.79 Å². The molecule has 3 heterocycles. The topological polar surface area (TPSA) is 84.7 Å². The van der Waals surface area contributed by atoms with E-state index in [4.69, 9.17) is 0 Å². The maximum atomic E-state index is 12.4. The Kier molecular flexibility index (Phi) is 5.14. The highest BCUT2D eigenvalue weighted by molar-refractivity contribution is 6.07. The zero-order valence-electron chi connectivity index (χ0n) is 13.1. The monoisotopic (exact) mass is 322 g/mol. The fourth-order valence-electron chi connectivity index (χ4n) is 2.25. The second-order valence-electron chi connectivity index (χ2n) is 5.17. The van der Waals surface area contributed by atoms with Crippen molar-refractivity contribution in [1.82, 2.24) is 19.5 Å². The second kappa shape index (κ2) is 7.87. The van der Waals surface area contributed by atoms with Crippen LogP contribution in [0.1, 0.15) is 16.8 Å². The molecule has 24 heavy (non-hydrogen) atoms. The average Bonchev–Trinajstić information content (AvgIpc) is 3.13. The molecule has 0 fully saturated rings. The molecule has 0 unspecified atom stereocenters. The van der Waals surface area contributed by atoms with Crippen molar-refractivity contribution in [3.8, 4) is 0 Å². The summed E-state index contributed by atoms with van der Waals surface area (Å²) in [6, 6.07) is 6.98. The fourth-order valence-corrected chi connectivity index (χ4v) is 2.25. The second-order valence-corrected chi connectivity index (χ2v) is 5.17. The Morgan fingerprint density at radius 3 is 2.75 bits per heavy atom. The summed E-state index contributed by atoms with van der Waals surface area (Å²) >= 11 is 0.